The van der Waals surface area contributed by atoms with Crippen LogP contribution in [0.5, 0.6) is 0 Å². The van der Waals surface area contributed by atoms with Gasteiger partial charge in [0.05, 0.1) is 18.7 Å². The maximum Gasteiger partial charge on any atom is 0.274 e. The predicted octanol–water partition coefficient (Wildman–Crippen LogP) is 0.310. The number of aryl methyl sites for hydroxylation is 1. The molecule has 0 aliphatic heterocycles. The van der Waals surface area contributed by atoms with E-state index in [2.05, 4.69) is 5.10 Å². The summed E-state index contributed by atoms with van der Waals surface area (Å²) in [5, 5.41) is 12.8. The van der Waals surface area contributed by atoms with Gasteiger partial charge in [-0.3, -0.25) is 9.59 Å². The highest BCUT2D eigenvalue weighted by atomic mass is 16.3. The van der Waals surface area contributed by atoms with Crippen LogP contribution in [-0.2, 0) is 6.54 Å². The lowest BCUT2D eigenvalue weighted by atomic mass is 10.0. The second-order valence-corrected chi connectivity index (χ2v) is 4.39. The van der Waals surface area contributed by atoms with Crippen LogP contribution in [0.25, 0.3) is 11.1 Å². The molecular weight excluding hydrogens is 258 g/mol. The van der Waals surface area contributed by atoms with Gasteiger partial charge in [-0.25, -0.2) is 4.68 Å². The monoisotopic (exact) mass is 273 g/mol. The summed E-state index contributed by atoms with van der Waals surface area (Å²) in [6, 6.07) is 6.66. The molecule has 6 nitrogen and oxygen atoms in total. The minimum Gasteiger partial charge on any atom is -0.394 e. The van der Waals surface area contributed by atoms with Crippen LogP contribution in [0.2, 0.25) is 0 Å². The number of hydrogen-bond acceptors (Lipinski definition) is 4. The average Bonchev–Trinajstić information content (AvgIpc) is 2.42. The molecule has 3 N–H and O–H groups in total. The summed E-state index contributed by atoms with van der Waals surface area (Å²) in [4.78, 5) is 23.6. The molecule has 0 saturated carbocycles. The normalized spacial score (nSPS) is 10.5. The van der Waals surface area contributed by atoms with Crippen molar-refractivity contribution in [2.45, 2.75) is 13.5 Å². The van der Waals surface area contributed by atoms with Gasteiger partial charge in [-0.05, 0) is 30.2 Å². The quantitative estimate of drug-likeness (QED) is 0.837. The highest BCUT2D eigenvalue weighted by Gasteiger charge is 2.11. The van der Waals surface area contributed by atoms with Gasteiger partial charge in [0.2, 0.25) is 5.91 Å². The molecule has 0 aliphatic carbocycles. The van der Waals surface area contributed by atoms with E-state index in [0.29, 0.717) is 16.7 Å². The Kier molecular flexibility index (Phi) is 3.95. The molecular formula is C14H15N3O3. The van der Waals surface area contributed by atoms with Crippen LogP contribution in [0, 0.1) is 6.92 Å². The lowest BCUT2D eigenvalue weighted by molar-refractivity contribution is 0.0999. The number of aliphatic hydroxyl groups is 1. The molecule has 0 bridgehead atoms. The van der Waals surface area contributed by atoms with Crippen molar-refractivity contribution in [3.63, 3.8) is 0 Å². The summed E-state index contributed by atoms with van der Waals surface area (Å²) in [5.74, 6) is -0.533. The molecule has 20 heavy (non-hydrogen) atoms. The zero-order valence-corrected chi connectivity index (χ0v) is 11.0. The summed E-state index contributed by atoms with van der Waals surface area (Å²) >= 11 is 0. The Hall–Kier alpha value is -2.47. The van der Waals surface area contributed by atoms with E-state index < -0.39 is 5.91 Å². The minimum atomic E-state index is -0.533. The van der Waals surface area contributed by atoms with Crippen molar-refractivity contribution in [2.75, 3.05) is 6.61 Å². The summed E-state index contributed by atoms with van der Waals surface area (Å²) in [6.45, 7) is 1.73. The molecule has 0 aliphatic rings. The molecule has 0 radical (unpaired) electrons. The Labute approximate surface area is 115 Å². The van der Waals surface area contributed by atoms with Gasteiger partial charge in [-0.2, -0.15) is 5.10 Å². The maximum absolute atomic E-state index is 12.2. The number of carbonyl (C=O) groups excluding carboxylic acids is 1. The number of rotatable bonds is 4. The second-order valence-electron chi connectivity index (χ2n) is 4.39. The van der Waals surface area contributed by atoms with Crippen LogP contribution in [0.15, 0.2) is 35.3 Å². The second kappa shape index (κ2) is 5.66. The van der Waals surface area contributed by atoms with E-state index in [9.17, 15) is 9.59 Å². The number of aliphatic hydroxyl groups excluding tert-OH is 1. The van der Waals surface area contributed by atoms with Crippen LogP contribution >= 0.6 is 0 Å². The molecule has 0 spiro atoms. The third kappa shape index (κ3) is 2.60. The van der Waals surface area contributed by atoms with Gasteiger partial charge < -0.3 is 10.8 Å². The van der Waals surface area contributed by atoms with Gasteiger partial charge in [0, 0.05) is 11.8 Å². The Morgan fingerprint density at radius 2 is 2.15 bits per heavy atom. The first-order valence-corrected chi connectivity index (χ1v) is 6.12. The van der Waals surface area contributed by atoms with Gasteiger partial charge in [0.1, 0.15) is 0 Å². The Morgan fingerprint density at radius 1 is 1.40 bits per heavy atom. The fourth-order valence-electron chi connectivity index (χ4n) is 1.98. The zero-order chi connectivity index (χ0) is 14.7. The topological polar surface area (TPSA) is 98.2 Å². The number of amides is 1. The molecule has 6 heteroatoms. The van der Waals surface area contributed by atoms with Crippen molar-refractivity contribution in [1.82, 2.24) is 9.78 Å². The molecule has 1 heterocycles. The van der Waals surface area contributed by atoms with Crippen molar-refractivity contribution in [2.24, 2.45) is 5.73 Å². The van der Waals surface area contributed by atoms with E-state index in [1.54, 1.807) is 31.2 Å². The first-order chi connectivity index (χ1) is 9.54. The highest BCUT2D eigenvalue weighted by molar-refractivity contribution is 5.95. The van der Waals surface area contributed by atoms with E-state index >= 15 is 0 Å². The largest absolute Gasteiger partial charge is 0.394 e. The minimum absolute atomic E-state index is 0.126. The molecule has 0 unspecified atom stereocenters. The number of carbonyl (C=O) groups is 1. The van der Waals surface area contributed by atoms with Crippen molar-refractivity contribution in [3.05, 3.63) is 51.9 Å². The fourth-order valence-corrected chi connectivity index (χ4v) is 1.98. The van der Waals surface area contributed by atoms with E-state index in [-0.39, 0.29) is 18.7 Å². The molecule has 0 fully saturated rings. The van der Waals surface area contributed by atoms with Gasteiger partial charge in [-0.15, -0.1) is 0 Å². The third-order valence-corrected chi connectivity index (χ3v) is 3.04. The van der Waals surface area contributed by atoms with Gasteiger partial charge in [0.15, 0.2) is 0 Å². The molecule has 0 saturated heterocycles. The van der Waals surface area contributed by atoms with Gasteiger partial charge in [0.25, 0.3) is 5.56 Å². The van der Waals surface area contributed by atoms with Crippen molar-refractivity contribution < 1.29 is 9.90 Å². The molecule has 1 aromatic heterocycles. The summed E-state index contributed by atoms with van der Waals surface area (Å²) < 4.78 is 1.18. The van der Waals surface area contributed by atoms with Crippen LogP contribution < -0.4 is 11.3 Å². The first-order valence-electron chi connectivity index (χ1n) is 6.12. The standard InChI is InChI=1S/C14H15N3O3/c1-9-2-3-10(8-12(9)13(15)19)11-4-5-16-17(6-7-18)14(11)20/h2-5,8,18H,6-7H2,1H3,(H2,15,19). The third-order valence-electron chi connectivity index (χ3n) is 3.04. The number of benzene rings is 1. The zero-order valence-electron chi connectivity index (χ0n) is 11.0. The van der Waals surface area contributed by atoms with Crippen molar-refractivity contribution in [1.29, 1.82) is 0 Å². The van der Waals surface area contributed by atoms with Gasteiger partial charge >= 0.3 is 0 Å². The Morgan fingerprint density at radius 3 is 2.80 bits per heavy atom. The van der Waals surface area contributed by atoms with Crippen LogP contribution in [0.4, 0.5) is 0 Å². The van der Waals surface area contributed by atoms with E-state index in [0.717, 1.165) is 5.56 Å². The van der Waals surface area contributed by atoms with Crippen LogP contribution in [0.3, 0.4) is 0 Å². The number of aromatic nitrogens is 2. The summed E-state index contributed by atoms with van der Waals surface area (Å²) in [6.07, 6.45) is 1.48. The van der Waals surface area contributed by atoms with Gasteiger partial charge in [-0.1, -0.05) is 12.1 Å². The predicted molar refractivity (Wildman–Crippen MR) is 74.3 cm³/mol. The smallest absolute Gasteiger partial charge is 0.274 e. The Balaban J connectivity index is 2.57. The average molecular weight is 273 g/mol. The molecule has 104 valence electrons. The number of primary amides is 1. The molecule has 1 amide bonds. The number of nitrogens with zero attached hydrogens (tertiary/aromatic N) is 2. The molecule has 2 rings (SSSR count). The molecule has 0 atom stereocenters. The number of hydrogen-bond donors (Lipinski definition) is 2. The van der Waals surface area contributed by atoms with Crippen molar-refractivity contribution in [3.8, 4) is 11.1 Å². The fraction of sp³-hybridized carbons (Fsp3) is 0.214. The van der Waals surface area contributed by atoms with Crippen LogP contribution in [0.1, 0.15) is 15.9 Å². The van der Waals surface area contributed by atoms with E-state index in [1.807, 2.05) is 0 Å². The van der Waals surface area contributed by atoms with E-state index in [1.165, 1.54) is 10.9 Å². The lowest BCUT2D eigenvalue weighted by Gasteiger charge is -2.08. The maximum atomic E-state index is 12.2. The number of nitrogens with two attached hydrogens (primary N) is 1. The summed E-state index contributed by atoms with van der Waals surface area (Å²) in [5.41, 5.74) is 7.14. The first kappa shape index (κ1) is 14.0. The summed E-state index contributed by atoms with van der Waals surface area (Å²) in [7, 11) is 0. The lowest BCUT2D eigenvalue weighted by Crippen LogP contribution is -2.25. The highest BCUT2D eigenvalue weighted by Crippen LogP contribution is 2.19. The Bertz CT molecular complexity index is 707. The van der Waals surface area contributed by atoms with Crippen molar-refractivity contribution >= 4 is 5.91 Å². The van der Waals surface area contributed by atoms with Crippen LogP contribution in [-0.4, -0.2) is 27.4 Å². The molecule has 1 aromatic carbocycles. The SMILES string of the molecule is Cc1ccc(-c2ccnn(CCO)c2=O)cc1C(N)=O. The van der Waals surface area contributed by atoms with E-state index in [4.69, 9.17) is 10.8 Å². The molecule has 2 aromatic rings.